The summed E-state index contributed by atoms with van der Waals surface area (Å²) in [6, 6.07) is 7.86. The van der Waals surface area contributed by atoms with Crippen molar-refractivity contribution in [3.8, 4) is 5.75 Å². The van der Waals surface area contributed by atoms with E-state index in [9.17, 15) is 0 Å². The lowest BCUT2D eigenvalue weighted by atomic mass is 10.3. The van der Waals surface area contributed by atoms with Crippen LogP contribution in [0.1, 0.15) is 6.92 Å². The Morgan fingerprint density at radius 2 is 2.15 bits per heavy atom. The highest BCUT2D eigenvalue weighted by atomic mass is 16.5. The zero-order valence-corrected chi connectivity index (χ0v) is 7.92. The number of para-hydroxylation sites is 2. The van der Waals surface area contributed by atoms with E-state index in [2.05, 4.69) is 5.32 Å². The Kier molecular flexibility index (Phi) is 4.12. The van der Waals surface area contributed by atoms with Crippen molar-refractivity contribution in [2.45, 2.75) is 6.92 Å². The molecular weight excluding hydrogens is 164 g/mol. The molecule has 0 unspecified atom stereocenters. The van der Waals surface area contributed by atoms with Crippen LogP contribution in [0.15, 0.2) is 24.3 Å². The van der Waals surface area contributed by atoms with E-state index in [4.69, 9.17) is 10.5 Å². The molecule has 13 heavy (non-hydrogen) atoms. The highest BCUT2D eigenvalue weighted by Gasteiger charge is 1.99. The van der Waals surface area contributed by atoms with Gasteiger partial charge in [0.25, 0.3) is 0 Å². The predicted molar refractivity (Wildman–Crippen MR) is 55.2 cm³/mol. The Hall–Kier alpha value is -1.22. The molecule has 0 saturated heterocycles. The average Bonchev–Trinajstić information content (AvgIpc) is 2.17. The molecule has 0 fully saturated rings. The fourth-order valence-electron chi connectivity index (χ4n) is 1.10. The summed E-state index contributed by atoms with van der Waals surface area (Å²) >= 11 is 0. The van der Waals surface area contributed by atoms with Crippen molar-refractivity contribution in [2.75, 3.05) is 25.0 Å². The molecule has 3 nitrogen and oxygen atoms in total. The van der Waals surface area contributed by atoms with Crippen LogP contribution in [0.4, 0.5) is 5.69 Å². The monoisotopic (exact) mass is 180 g/mol. The molecule has 0 aliphatic rings. The van der Waals surface area contributed by atoms with Crippen LogP contribution in [0.2, 0.25) is 0 Å². The van der Waals surface area contributed by atoms with Gasteiger partial charge in [-0.3, -0.25) is 0 Å². The molecule has 3 heteroatoms. The van der Waals surface area contributed by atoms with E-state index in [0.717, 1.165) is 18.0 Å². The number of anilines is 1. The number of hydrogen-bond acceptors (Lipinski definition) is 3. The summed E-state index contributed by atoms with van der Waals surface area (Å²) in [5.74, 6) is 0.887. The van der Waals surface area contributed by atoms with E-state index in [0.29, 0.717) is 13.2 Å². The molecule has 1 rings (SSSR count). The first-order valence-electron chi connectivity index (χ1n) is 4.54. The number of nitrogens with two attached hydrogens (primary N) is 1. The largest absolute Gasteiger partial charge is 0.492 e. The molecule has 0 heterocycles. The molecule has 3 N–H and O–H groups in total. The van der Waals surface area contributed by atoms with Crippen molar-refractivity contribution < 1.29 is 4.74 Å². The van der Waals surface area contributed by atoms with Gasteiger partial charge in [-0.2, -0.15) is 0 Å². The third kappa shape index (κ3) is 2.95. The Bertz CT molecular complexity index is 250. The molecule has 0 atom stereocenters. The number of rotatable bonds is 5. The van der Waals surface area contributed by atoms with Gasteiger partial charge in [0, 0.05) is 13.1 Å². The lowest BCUT2D eigenvalue weighted by Gasteiger charge is -2.10. The van der Waals surface area contributed by atoms with Crippen LogP contribution in [0, 0.1) is 0 Å². The summed E-state index contributed by atoms with van der Waals surface area (Å²) in [6.45, 7) is 4.05. The standard InChI is InChI=1S/C10H16N2O/c1-2-13-10-6-4-3-5-9(10)12-8-7-11/h3-6,12H,2,7-8,11H2,1H3. The van der Waals surface area contributed by atoms with Gasteiger partial charge < -0.3 is 15.8 Å². The topological polar surface area (TPSA) is 47.3 Å². The smallest absolute Gasteiger partial charge is 0.142 e. The lowest BCUT2D eigenvalue weighted by molar-refractivity contribution is 0.342. The summed E-state index contributed by atoms with van der Waals surface area (Å²) in [4.78, 5) is 0. The molecule has 1 aromatic rings. The summed E-state index contributed by atoms with van der Waals surface area (Å²) in [6.07, 6.45) is 0. The maximum atomic E-state index is 5.43. The van der Waals surface area contributed by atoms with Gasteiger partial charge in [-0.25, -0.2) is 0 Å². The Labute approximate surface area is 78.9 Å². The minimum atomic E-state index is 0.625. The van der Waals surface area contributed by atoms with E-state index < -0.39 is 0 Å². The highest BCUT2D eigenvalue weighted by molar-refractivity contribution is 5.56. The Morgan fingerprint density at radius 1 is 1.38 bits per heavy atom. The van der Waals surface area contributed by atoms with Crippen LogP contribution in [0.25, 0.3) is 0 Å². The molecular formula is C10H16N2O. The van der Waals surface area contributed by atoms with Gasteiger partial charge in [0.1, 0.15) is 5.75 Å². The van der Waals surface area contributed by atoms with Gasteiger partial charge >= 0.3 is 0 Å². The van der Waals surface area contributed by atoms with Gasteiger partial charge in [0.05, 0.1) is 12.3 Å². The van der Waals surface area contributed by atoms with Crippen LogP contribution in [-0.2, 0) is 0 Å². The van der Waals surface area contributed by atoms with Crippen LogP contribution < -0.4 is 15.8 Å². The van der Waals surface area contributed by atoms with E-state index in [-0.39, 0.29) is 0 Å². The van der Waals surface area contributed by atoms with Gasteiger partial charge in [-0.05, 0) is 19.1 Å². The van der Waals surface area contributed by atoms with E-state index >= 15 is 0 Å². The maximum Gasteiger partial charge on any atom is 0.142 e. The zero-order chi connectivity index (χ0) is 9.52. The van der Waals surface area contributed by atoms with Crippen molar-refractivity contribution in [2.24, 2.45) is 5.73 Å². The van der Waals surface area contributed by atoms with Gasteiger partial charge in [0.15, 0.2) is 0 Å². The molecule has 1 aromatic carbocycles. The molecule has 0 aromatic heterocycles. The number of ether oxygens (including phenoxy) is 1. The van der Waals surface area contributed by atoms with Gasteiger partial charge in [0.2, 0.25) is 0 Å². The fourth-order valence-corrected chi connectivity index (χ4v) is 1.10. The van der Waals surface area contributed by atoms with Crippen molar-refractivity contribution in [3.63, 3.8) is 0 Å². The van der Waals surface area contributed by atoms with Crippen molar-refractivity contribution in [1.82, 2.24) is 0 Å². The van der Waals surface area contributed by atoms with Crippen LogP contribution >= 0.6 is 0 Å². The first-order chi connectivity index (χ1) is 6.38. The van der Waals surface area contributed by atoms with E-state index in [1.54, 1.807) is 0 Å². The third-order valence-corrected chi connectivity index (χ3v) is 1.65. The highest BCUT2D eigenvalue weighted by Crippen LogP contribution is 2.22. The fraction of sp³-hybridized carbons (Fsp3) is 0.400. The minimum Gasteiger partial charge on any atom is -0.492 e. The molecule has 0 bridgehead atoms. The number of hydrogen-bond donors (Lipinski definition) is 2. The first kappa shape index (κ1) is 9.86. The average molecular weight is 180 g/mol. The third-order valence-electron chi connectivity index (χ3n) is 1.65. The SMILES string of the molecule is CCOc1ccccc1NCCN. The van der Waals surface area contributed by atoms with Crippen LogP contribution in [0.5, 0.6) is 5.75 Å². The maximum absolute atomic E-state index is 5.43. The Morgan fingerprint density at radius 3 is 2.85 bits per heavy atom. The first-order valence-corrected chi connectivity index (χ1v) is 4.54. The normalized spacial score (nSPS) is 9.69. The zero-order valence-electron chi connectivity index (χ0n) is 7.92. The van der Waals surface area contributed by atoms with Gasteiger partial charge in [-0.1, -0.05) is 12.1 Å². The van der Waals surface area contributed by atoms with Crippen molar-refractivity contribution >= 4 is 5.69 Å². The molecule has 0 amide bonds. The number of nitrogens with one attached hydrogen (secondary N) is 1. The van der Waals surface area contributed by atoms with Crippen LogP contribution in [0.3, 0.4) is 0 Å². The summed E-state index contributed by atoms with van der Waals surface area (Å²) in [5, 5.41) is 3.20. The second kappa shape index (κ2) is 5.43. The van der Waals surface area contributed by atoms with E-state index in [1.807, 2.05) is 31.2 Å². The summed E-state index contributed by atoms with van der Waals surface area (Å²) in [7, 11) is 0. The van der Waals surface area contributed by atoms with Gasteiger partial charge in [-0.15, -0.1) is 0 Å². The molecule has 0 aliphatic heterocycles. The molecule has 0 spiro atoms. The summed E-state index contributed by atoms with van der Waals surface area (Å²) in [5.41, 5.74) is 6.41. The van der Waals surface area contributed by atoms with E-state index in [1.165, 1.54) is 0 Å². The second-order valence-electron chi connectivity index (χ2n) is 2.64. The number of benzene rings is 1. The quantitative estimate of drug-likeness (QED) is 0.721. The lowest BCUT2D eigenvalue weighted by Crippen LogP contribution is -2.13. The Balaban J connectivity index is 2.66. The molecule has 0 radical (unpaired) electrons. The summed E-state index contributed by atoms with van der Waals surface area (Å²) < 4.78 is 5.43. The molecule has 0 aliphatic carbocycles. The molecule has 0 saturated carbocycles. The van der Waals surface area contributed by atoms with Crippen molar-refractivity contribution in [3.05, 3.63) is 24.3 Å². The van der Waals surface area contributed by atoms with Crippen molar-refractivity contribution in [1.29, 1.82) is 0 Å². The predicted octanol–water partition coefficient (Wildman–Crippen LogP) is 1.46. The minimum absolute atomic E-state index is 0.625. The van der Waals surface area contributed by atoms with Crippen LogP contribution in [-0.4, -0.2) is 19.7 Å². The molecule has 72 valence electrons. The second-order valence-corrected chi connectivity index (χ2v) is 2.64.